The summed E-state index contributed by atoms with van der Waals surface area (Å²) in [5, 5.41) is 3.54. The summed E-state index contributed by atoms with van der Waals surface area (Å²) in [6, 6.07) is 8.92. The Kier molecular flexibility index (Phi) is 4.03. The van der Waals surface area contributed by atoms with E-state index in [4.69, 9.17) is 0 Å². The predicted octanol–water partition coefficient (Wildman–Crippen LogP) is 3.65. The van der Waals surface area contributed by atoms with E-state index in [1.54, 1.807) is 6.20 Å². The molecule has 0 amide bonds. The Bertz CT molecular complexity index is 749. The largest absolute Gasteiger partial charge is 0.305 e. The number of hydrogen-bond donors (Lipinski definition) is 1. The molecule has 0 aliphatic rings. The number of fused-ring (bicyclic) bond motifs is 1. The molecule has 21 heavy (non-hydrogen) atoms. The Morgan fingerprint density at radius 3 is 2.71 bits per heavy atom. The molecule has 0 saturated carbocycles. The summed E-state index contributed by atoms with van der Waals surface area (Å²) >= 11 is 3.39. The Morgan fingerprint density at radius 2 is 1.95 bits per heavy atom. The molecule has 1 atom stereocenters. The number of nitrogens with one attached hydrogen (secondary N) is 1. The second-order valence-electron chi connectivity index (χ2n) is 5.20. The van der Waals surface area contributed by atoms with Gasteiger partial charge in [-0.1, -0.05) is 29.8 Å². The fourth-order valence-corrected chi connectivity index (χ4v) is 2.58. The summed E-state index contributed by atoms with van der Waals surface area (Å²) in [5.41, 5.74) is 4.55. The first kappa shape index (κ1) is 14.2. The zero-order valence-electron chi connectivity index (χ0n) is 12.0. The van der Waals surface area contributed by atoms with Gasteiger partial charge in [0.15, 0.2) is 5.65 Å². The topological polar surface area (TPSA) is 42.2 Å². The van der Waals surface area contributed by atoms with E-state index in [0.29, 0.717) is 6.04 Å². The molecule has 3 rings (SSSR count). The summed E-state index contributed by atoms with van der Waals surface area (Å²) < 4.78 is 2.85. The van der Waals surface area contributed by atoms with Crippen LogP contribution in [0.25, 0.3) is 5.65 Å². The van der Waals surface area contributed by atoms with Gasteiger partial charge in [-0.15, -0.1) is 0 Å². The van der Waals surface area contributed by atoms with E-state index in [-0.39, 0.29) is 0 Å². The number of aryl methyl sites for hydroxylation is 1. The molecule has 3 aromatic rings. The lowest BCUT2D eigenvalue weighted by Gasteiger charge is -2.14. The van der Waals surface area contributed by atoms with Crippen molar-refractivity contribution in [2.75, 3.05) is 0 Å². The highest BCUT2D eigenvalue weighted by Crippen LogP contribution is 2.15. The van der Waals surface area contributed by atoms with Crippen LogP contribution in [0.15, 0.2) is 47.5 Å². The predicted molar refractivity (Wildman–Crippen MR) is 87.1 cm³/mol. The minimum absolute atomic E-state index is 0.293. The maximum absolute atomic E-state index is 4.36. The van der Waals surface area contributed by atoms with Gasteiger partial charge in [0.25, 0.3) is 0 Å². The Balaban J connectivity index is 1.74. The average molecular weight is 345 g/mol. The van der Waals surface area contributed by atoms with Crippen LogP contribution in [0.4, 0.5) is 0 Å². The molecule has 0 bridgehead atoms. The minimum Gasteiger partial charge on any atom is -0.305 e. The third kappa shape index (κ3) is 3.14. The molecule has 0 fully saturated rings. The fraction of sp³-hybridized carbons (Fsp3) is 0.250. The van der Waals surface area contributed by atoms with Gasteiger partial charge in [0, 0.05) is 18.8 Å². The fourth-order valence-electron chi connectivity index (χ4n) is 2.28. The van der Waals surface area contributed by atoms with Crippen molar-refractivity contribution in [3.8, 4) is 0 Å². The van der Waals surface area contributed by atoms with E-state index in [1.807, 2.05) is 16.8 Å². The molecule has 0 saturated heterocycles. The molecular formula is C16H17BrN4. The molecule has 0 radical (unpaired) electrons. The van der Waals surface area contributed by atoms with E-state index < -0.39 is 0 Å². The van der Waals surface area contributed by atoms with Crippen LogP contribution in [0, 0.1) is 6.92 Å². The van der Waals surface area contributed by atoms with Crippen molar-refractivity contribution in [2.24, 2.45) is 0 Å². The first-order chi connectivity index (χ1) is 10.1. The van der Waals surface area contributed by atoms with Gasteiger partial charge in [0.1, 0.15) is 4.60 Å². The van der Waals surface area contributed by atoms with E-state index in [2.05, 4.69) is 69.3 Å². The normalized spacial score (nSPS) is 12.7. The molecular weight excluding hydrogens is 328 g/mol. The highest BCUT2D eigenvalue weighted by Gasteiger charge is 2.08. The number of hydrogen-bond acceptors (Lipinski definition) is 3. The van der Waals surface area contributed by atoms with Gasteiger partial charge in [-0.2, -0.15) is 0 Å². The Labute approximate surface area is 132 Å². The van der Waals surface area contributed by atoms with Crippen LogP contribution >= 0.6 is 15.9 Å². The van der Waals surface area contributed by atoms with E-state index in [9.17, 15) is 0 Å². The molecule has 1 N–H and O–H groups in total. The molecule has 2 aromatic heterocycles. The van der Waals surface area contributed by atoms with Crippen LogP contribution in [0.5, 0.6) is 0 Å². The standard InChI is InChI=1S/C16H17BrN4/c1-11-3-5-13(6-4-11)12(2)18-7-14-8-20-16-9-19-15(17)10-21(14)16/h3-6,8-10,12,18H,7H2,1-2H3. The van der Waals surface area contributed by atoms with Crippen molar-refractivity contribution in [3.05, 3.63) is 64.3 Å². The smallest absolute Gasteiger partial charge is 0.155 e. The van der Waals surface area contributed by atoms with Crippen molar-refractivity contribution in [1.29, 1.82) is 0 Å². The number of benzene rings is 1. The lowest BCUT2D eigenvalue weighted by atomic mass is 10.1. The zero-order valence-corrected chi connectivity index (χ0v) is 13.6. The Morgan fingerprint density at radius 1 is 1.19 bits per heavy atom. The lowest BCUT2D eigenvalue weighted by molar-refractivity contribution is 0.565. The summed E-state index contributed by atoms with van der Waals surface area (Å²) in [6.45, 7) is 5.03. The van der Waals surface area contributed by atoms with Crippen molar-refractivity contribution in [2.45, 2.75) is 26.4 Å². The van der Waals surface area contributed by atoms with Crippen molar-refractivity contribution in [3.63, 3.8) is 0 Å². The molecule has 5 heteroatoms. The number of imidazole rings is 1. The molecule has 1 aromatic carbocycles. The van der Waals surface area contributed by atoms with E-state index in [0.717, 1.165) is 22.5 Å². The highest BCUT2D eigenvalue weighted by atomic mass is 79.9. The molecule has 2 heterocycles. The van der Waals surface area contributed by atoms with Gasteiger partial charge in [-0.05, 0) is 35.3 Å². The first-order valence-electron chi connectivity index (χ1n) is 6.91. The number of halogens is 1. The molecule has 0 aliphatic heterocycles. The van der Waals surface area contributed by atoms with Crippen LogP contribution in [-0.4, -0.2) is 14.4 Å². The SMILES string of the molecule is Cc1ccc(C(C)NCc2cnc3cnc(Br)cn23)cc1. The second-order valence-corrected chi connectivity index (χ2v) is 6.01. The first-order valence-corrected chi connectivity index (χ1v) is 7.70. The maximum atomic E-state index is 4.36. The van der Waals surface area contributed by atoms with Gasteiger partial charge >= 0.3 is 0 Å². The summed E-state index contributed by atoms with van der Waals surface area (Å²) in [4.78, 5) is 8.55. The van der Waals surface area contributed by atoms with Crippen LogP contribution in [0.1, 0.15) is 29.8 Å². The van der Waals surface area contributed by atoms with Gasteiger partial charge < -0.3 is 5.32 Å². The van der Waals surface area contributed by atoms with Crippen molar-refractivity contribution in [1.82, 2.24) is 19.7 Å². The Hall–Kier alpha value is -1.72. The van der Waals surface area contributed by atoms with Gasteiger partial charge in [-0.3, -0.25) is 4.40 Å². The molecule has 0 aliphatic carbocycles. The number of nitrogens with zero attached hydrogens (tertiary/aromatic N) is 3. The second kappa shape index (κ2) is 5.95. The van der Waals surface area contributed by atoms with Crippen LogP contribution in [0.2, 0.25) is 0 Å². The highest BCUT2D eigenvalue weighted by molar-refractivity contribution is 9.10. The third-order valence-electron chi connectivity index (χ3n) is 3.61. The summed E-state index contributed by atoms with van der Waals surface area (Å²) in [5.74, 6) is 0. The zero-order chi connectivity index (χ0) is 14.8. The number of aromatic nitrogens is 3. The van der Waals surface area contributed by atoms with Crippen molar-refractivity contribution < 1.29 is 0 Å². The maximum Gasteiger partial charge on any atom is 0.155 e. The quantitative estimate of drug-likeness (QED) is 0.785. The van der Waals surface area contributed by atoms with Crippen molar-refractivity contribution >= 4 is 21.6 Å². The van der Waals surface area contributed by atoms with Crippen LogP contribution in [-0.2, 0) is 6.54 Å². The van der Waals surface area contributed by atoms with Crippen LogP contribution < -0.4 is 5.32 Å². The summed E-state index contributed by atoms with van der Waals surface area (Å²) in [7, 11) is 0. The third-order valence-corrected chi connectivity index (χ3v) is 4.02. The van der Waals surface area contributed by atoms with Gasteiger partial charge in [0.2, 0.25) is 0 Å². The number of rotatable bonds is 4. The van der Waals surface area contributed by atoms with Gasteiger partial charge in [-0.25, -0.2) is 9.97 Å². The molecule has 1 unspecified atom stereocenters. The van der Waals surface area contributed by atoms with E-state index >= 15 is 0 Å². The molecule has 108 valence electrons. The molecule has 4 nitrogen and oxygen atoms in total. The van der Waals surface area contributed by atoms with Gasteiger partial charge in [0.05, 0.1) is 18.1 Å². The minimum atomic E-state index is 0.293. The lowest BCUT2D eigenvalue weighted by Crippen LogP contribution is -2.19. The molecule has 0 spiro atoms. The van der Waals surface area contributed by atoms with E-state index in [1.165, 1.54) is 11.1 Å². The van der Waals surface area contributed by atoms with Crippen LogP contribution in [0.3, 0.4) is 0 Å². The monoisotopic (exact) mass is 344 g/mol. The average Bonchev–Trinajstić information content (AvgIpc) is 2.88. The summed E-state index contributed by atoms with van der Waals surface area (Å²) in [6.07, 6.45) is 5.59.